The SMILES string of the molecule is C=CC(Cc1c(C)cccc1[N+](=O)[O-])ON(C=O)c1csc(-c2ccncc2)n1. The quantitative estimate of drug-likeness (QED) is 0.228. The number of carbonyl (C=O) groups excluding carboxylic acids is 1. The summed E-state index contributed by atoms with van der Waals surface area (Å²) in [6.45, 7) is 5.53. The molecule has 29 heavy (non-hydrogen) atoms. The first-order chi connectivity index (χ1) is 14.0. The Labute approximate surface area is 171 Å². The molecule has 148 valence electrons. The summed E-state index contributed by atoms with van der Waals surface area (Å²) in [7, 11) is 0. The van der Waals surface area contributed by atoms with Gasteiger partial charge in [0.25, 0.3) is 5.69 Å². The van der Waals surface area contributed by atoms with Crippen LogP contribution in [0.3, 0.4) is 0 Å². The summed E-state index contributed by atoms with van der Waals surface area (Å²) in [5.41, 5.74) is 2.18. The molecule has 0 N–H and O–H groups in total. The lowest BCUT2D eigenvalue weighted by atomic mass is 10.0. The lowest BCUT2D eigenvalue weighted by molar-refractivity contribution is -0.385. The molecule has 0 fully saturated rings. The van der Waals surface area contributed by atoms with Crippen molar-refractivity contribution in [3.8, 4) is 10.6 Å². The van der Waals surface area contributed by atoms with Gasteiger partial charge in [-0.25, -0.2) is 4.98 Å². The lowest BCUT2D eigenvalue weighted by Crippen LogP contribution is -2.29. The molecule has 9 heteroatoms. The first kappa shape index (κ1) is 20.3. The number of aryl methyl sites for hydroxylation is 1. The van der Waals surface area contributed by atoms with Gasteiger partial charge in [-0.2, -0.15) is 5.06 Å². The smallest absolute Gasteiger partial charge is 0.272 e. The number of aromatic nitrogens is 2. The van der Waals surface area contributed by atoms with Crippen molar-refractivity contribution < 1.29 is 14.6 Å². The monoisotopic (exact) mass is 410 g/mol. The molecule has 0 aliphatic rings. The number of amides is 1. The normalized spacial score (nSPS) is 11.6. The number of rotatable bonds is 9. The third-order valence-corrected chi connectivity index (χ3v) is 5.12. The Hall–Kier alpha value is -3.43. The summed E-state index contributed by atoms with van der Waals surface area (Å²) >= 11 is 1.36. The molecule has 0 aliphatic carbocycles. The maximum atomic E-state index is 11.6. The second kappa shape index (κ2) is 9.18. The van der Waals surface area contributed by atoms with Gasteiger partial charge in [-0.15, -0.1) is 17.9 Å². The van der Waals surface area contributed by atoms with Crippen molar-refractivity contribution in [3.05, 3.63) is 82.0 Å². The number of benzene rings is 1. The Morgan fingerprint density at radius 3 is 2.76 bits per heavy atom. The van der Waals surface area contributed by atoms with E-state index in [1.54, 1.807) is 36.8 Å². The van der Waals surface area contributed by atoms with Gasteiger partial charge in [-0.05, 0) is 24.6 Å². The molecule has 0 saturated heterocycles. The number of carbonyl (C=O) groups is 1. The summed E-state index contributed by atoms with van der Waals surface area (Å²) in [6, 6.07) is 8.51. The van der Waals surface area contributed by atoms with Crippen LogP contribution < -0.4 is 5.06 Å². The van der Waals surface area contributed by atoms with Crippen LogP contribution in [0.1, 0.15) is 11.1 Å². The first-order valence-electron chi connectivity index (χ1n) is 8.66. The minimum absolute atomic E-state index is 0.00624. The summed E-state index contributed by atoms with van der Waals surface area (Å²) in [5, 5.41) is 14.8. The van der Waals surface area contributed by atoms with Crippen LogP contribution in [-0.2, 0) is 16.1 Å². The molecule has 3 aromatic rings. The summed E-state index contributed by atoms with van der Waals surface area (Å²) < 4.78 is 0. The van der Waals surface area contributed by atoms with Gasteiger partial charge in [-0.3, -0.25) is 24.7 Å². The fourth-order valence-electron chi connectivity index (χ4n) is 2.76. The molecule has 0 radical (unpaired) electrons. The van der Waals surface area contributed by atoms with Crippen LogP contribution in [0.25, 0.3) is 10.6 Å². The van der Waals surface area contributed by atoms with Crippen LogP contribution in [0, 0.1) is 17.0 Å². The molecule has 1 aromatic carbocycles. The van der Waals surface area contributed by atoms with Crippen molar-refractivity contribution in [3.63, 3.8) is 0 Å². The minimum Gasteiger partial charge on any atom is -0.276 e. The number of hydrogen-bond acceptors (Lipinski definition) is 7. The molecule has 1 unspecified atom stereocenters. The van der Waals surface area contributed by atoms with Gasteiger partial charge in [0, 0.05) is 41.4 Å². The van der Waals surface area contributed by atoms with Crippen LogP contribution in [-0.4, -0.2) is 27.4 Å². The molecule has 8 nitrogen and oxygen atoms in total. The first-order valence-corrected chi connectivity index (χ1v) is 9.54. The highest BCUT2D eigenvalue weighted by Crippen LogP contribution is 2.28. The Balaban J connectivity index is 1.80. The summed E-state index contributed by atoms with van der Waals surface area (Å²) in [6.07, 6.45) is 4.86. The minimum atomic E-state index is -0.661. The van der Waals surface area contributed by atoms with Gasteiger partial charge in [0.05, 0.1) is 4.92 Å². The van der Waals surface area contributed by atoms with Gasteiger partial charge in [0.2, 0.25) is 6.41 Å². The maximum absolute atomic E-state index is 11.6. The largest absolute Gasteiger partial charge is 0.276 e. The zero-order valence-electron chi connectivity index (χ0n) is 15.6. The van der Waals surface area contributed by atoms with Crippen molar-refractivity contribution in [2.45, 2.75) is 19.4 Å². The van der Waals surface area contributed by atoms with Crippen molar-refractivity contribution in [2.24, 2.45) is 0 Å². The van der Waals surface area contributed by atoms with E-state index in [2.05, 4.69) is 16.5 Å². The zero-order chi connectivity index (χ0) is 20.8. The molecular weight excluding hydrogens is 392 g/mol. The van der Waals surface area contributed by atoms with E-state index in [4.69, 9.17) is 4.84 Å². The third-order valence-electron chi connectivity index (χ3n) is 4.24. The Bertz CT molecular complexity index is 1020. The van der Waals surface area contributed by atoms with Crippen molar-refractivity contribution >= 4 is 29.3 Å². The van der Waals surface area contributed by atoms with E-state index in [9.17, 15) is 14.9 Å². The molecule has 2 heterocycles. The Kier molecular flexibility index (Phi) is 6.43. The highest BCUT2D eigenvalue weighted by Gasteiger charge is 2.22. The van der Waals surface area contributed by atoms with Gasteiger partial charge < -0.3 is 0 Å². The number of nitro benzene ring substituents is 1. The molecule has 0 aliphatic heterocycles. The Morgan fingerprint density at radius 1 is 1.34 bits per heavy atom. The molecule has 2 aromatic heterocycles. The Morgan fingerprint density at radius 2 is 2.10 bits per heavy atom. The van der Waals surface area contributed by atoms with Crippen molar-refractivity contribution in [1.82, 2.24) is 9.97 Å². The molecule has 0 spiro atoms. The molecule has 3 rings (SSSR count). The number of hydrogen-bond donors (Lipinski definition) is 0. The number of thiazole rings is 1. The zero-order valence-corrected chi connectivity index (χ0v) is 16.4. The van der Waals surface area contributed by atoms with Crippen molar-refractivity contribution in [2.75, 3.05) is 5.06 Å². The predicted octanol–water partition coefficient (Wildman–Crippen LogP) is 4.11. The van der Waals surface area contributed by atoms with Crippen molar-refractivity contribution in [1.29, 1.82) is 0 Å². The van der Waals surface area contributed by atoms with E-state index < -0.39 is 11.0 Å². The molecule has 0 bridgehead atoms. The van der Waals surface area contributed by atoms with Crippen LogP contribution in [0.15, 0.2) is 60.8 Å². The fraction of sp³-hybridized carbons (Fsp3) is 0.150. The number of nitrogens with zero attached hydrogens (tertiary/aromatic N) is 4. The summed E-state index contributed by atoms with van der Waals surface area (Å²) in [4.78, 5) is 36.7. The molecule has 1 amide bonds. The van der Waals surface area contributed by atoms with E-state index in [0.29, 0.717) is 22.8 Å². The topological polar surface area (TPSA) is 98.5 Å². The van der Waals surface area contributed by atoms with E-state index >= 15 is 0 Å². The molecular formula is C20H18N4O4S. The van der Waals surface area contributed by atoms with Crippen LogP contribution >= 0.6 is 11.3 Å². The standard InChI is InChI=1S/C20H18N4O4S/c1-3-16(11-17-14(2)5-4-6-18(17)24(26)27)28-23(13-25)19-12-29-20(22-19)15-7-9-21-10-8-15/h3-10,12-13,16H,1,11H2,2H3. The molecule has 1 atom stereocenters. The highest BCUT2D eigenvalue weighted by atomic mass is 32.1. The van der Waals surface area contributed by atoms with Crippen LogP contribution in [0.5, 0.6) is 0 Å². The van der Waals surface area contributed by atoms with E-state index in [1.165, 1.54) is 23.5 Å². The van der Waals surface area contributed by atoms with Crippen LogP contribution in [0.2, 0.25) is 0 Å². The number of nitro groups is 1. The van der Waals surface area contributed by atoms with E-state index in [0.717, 1.165) is 16.2 Å². The number of pyridine rings is 1. The second-order valence-electron chi connectivity index (χ2n) is 6.09. The highest BCUT2D eigenvalue weighted by molar-refractivity contribution is 7.13. The summed E-state index contributed by atoms with van der Waals surface area (Å²) in [5.74, 6) is 0.322. The molecule has 0 saturated carbocycles. The third kappa shape index (κ3) is 4.71. The average molecular weight is 410 g/mol. The van der Waals surface area contributed by atoms with Gasteiger partial charge in [0.1, 0.15) is 11.1 Å². The predicted molar refractivity (Wildman–Crippen MR) is 110 cm³/mol. The average Bonchev–Trinajstić information content (AvgIpc) is 3.22. The number of hydroxylamine groups is 1. The van der Waals surface area contributed by atoms with Crippen LogP contribution in [0.4, 0.5) is 11.5 Å². The maximum Gasteiger partial charge on any atom is 0.272 e. The van der Waals surface area contributed by atoms with Gasteiger partial charge in [0.15, 0.2) is 5.82 Å². The lowest BCUT2D eigenvalue weighted by Gasteiger charge is -2.21. The second-order valence-corrected chi connectivity index (χ2v) is 6.95. The van der Waals surface area contributed by atoms with Gasteiger partial charge in [-0.1, -0.05) is 18.2 Å². The van der Waals surface area contributed by atoms with Gasteiger partial charge >= 0.3 is 0 Å². The van der Waals surface area contributed by atoms with E-state index in [1.807, 2.05) is 12.1 Å². The number of anilines is 1. The van der Waals surface area contributed by atoms with E-state index in [-0.39, 0.29) is 12.1 Å². The fourth-order valence-corrected chi connectivity index (χ4v) is 3.55.